The van der Waals surface area contributed by atoms with E-state index in [1.807, 2.05) is 30.4 Å². The van der Waals surface area contributed by atoms with E-state index in [2.05, 4.69) is 11.4 Å². The highest BCUT2D eigenvalue weighted by Gasteiger charge is 2.15. The van der Waals surface area contributed by atoms with Gasteiger partial charge in [-0.3, -0.25) is 0 Å². The van der Waals surface area contributed by atoms with Crippen molar-refractivity contribution in [2.24, 2.45) is 0 Å². The third kappa shape index (κ3) is 2.21. The molecule has 1 radical (unpaired) electrons. The topological polar surface area (TPSA) is 22.1 Å². The Kier molecular flexibility index (Phi) is 3.07. The van der Waals surface area contributed by atoms with Crippen LogP contribution in [0.15, 0.2) is 42.3 Å². The Morgan fingerprint density at radius 1 is 1.47 bits per heavy atom. The molecule has 0 saturated carbocycles. The lowest BCUT2D eigenvalue weighted by molar-refractivity contribution is 0.303. The maximum absolute atomic E-state index is 6.02. The normalized spacial score (nSPS) is 19.9. The molecule has 2 nitrogen and oxygen atoms in total. The van der Waals surface area contributed by atoms with Gasteiger partial charge >= 0.3 is 0 Å². The Morgan fingerprint density at radius 3 is 3.07 bits per heavy atom. The molecule has 2 rings (SSSR count). The quantitative estimate of drug-likeness (QED) is 0.715. The first-order chi connectivity index (χ1) is 7.31. The van der Waals surface area contributed by atoms with Crippen molar-refractivity contribution in [2.75, 3.05) is 7.11 Å². The monoisotopic (exact) mass is 220 g/mol. The van der Waals surface area contributed by atoms with Crippen LogP contribution in [0, 0.1) is 6.42 Å². The molecule has 1 heterocycles. The highest BCUT2D eigenvalue weighted by molar-refractivity contribution is 6.30. The van der Waals surface area contributed by atoms with Crippen LogP contribution < -0.4 is 0 Å². The molecule has 3 heteroatoms. The first-order valence-corrected chi connectivity index (χ1v) is 5.07. The van der Waals surface area contributed by atoms with Gasteiger partial charge in [-0.2, -0.15) is 0 Å². The summed E-state index contributed by atoms with van der Waals surface area (Å²) in [5, 5.41) is 0.542. The summed E-state index contributed by atoms with van der Waals surface area (Å²) in [5.74, 6) is 0.994. The van der Waals surface area contributed by atoms with Gasteiger partial charge in [0.05, 0.1) is 7.11 Å². The summed E-state index contributed by atoms with van der Waals surface area (Å²) in [5.41, 5.74) is 0.998. The van der Waals surface area contributed by atoms with Crippen molar-refractivity contribution in [3.63, 3.8) is 0 Å². The highest BCUT2D eigenvalue weighted by Crippen LogP contribution is 2.30. The third-order valence-electron chi connectivity index (χ3n) is 2.31. The molecule has 0 saturated heterocycles. The predicted octanol–water partition coefficient (Wildman–Crippen LogP) is 3.12. The van der Waals surface area contributed by atoms with Crippen LogP contribution in [0.2, 0.25) is 5.15 Å². The van der Waals surface area contributed by atoms with Gasteiger partial charge in [-0.05, 0) is 30.2 Å². The van der Waals surface area contributed by atoms with Crippen LogP contribution in [-0.4, -0.2) is 12.1 Å². The van der Waals surface area contributed by atoms with E-state index in [4.69, 9.17) is 16.3 Å². The highest BCUT2D eigenvalue weighted by atomic mass is 35.5. The standard InChI is InChI=1S/C12H11ClNO/c1-15-10-5-2-4-9(8-10)11-6-3-7-14-12(11)13/h2-9H,1H3. The van der Waals surface area contributed by atoms with Gasteiger partial charge in [0.2, 0.25) is 0 Å². The first kappa shape index (κ1) is 10.2. The molecule has 0 bridgehead atoms. The summed E-state index contributed by atoms with van der Waals surface area (Å²) in [6, 6.07) is 3.85. The number of halogens is 1. The Balaban J connectivity index is 2.30. The summed E-state index contributed by atoms with van der Waals surface area (Å²) < 4.78 is 5.17. The molecule has 0 aromatic carbocycles. The molecule has 77 valence electrons. The number of nitrogens with zero attached hydrogens (tertiary/aromatic N) is 1. The maximum Gasteiger partial charge on any atom is 0.132 e. The van der Waals surface area contributed by atoms with Crippen LogP contribution in [0.4, 0.5) is 0 Å². The second kappa shape index (κ2) is 4.49. The van der Waals surface area contributed by atoms with Crippen molar-refractivity contribution in [1.82, 2.24) is 4.98 Å². The lowest BCUT2D eigenvalue weighted by Gasteiger charge is -2.16. The van der Waals surface area contributed by atoms with Crippen molar-refractivity contribution in [1.29, 1.82) is 0 Å². The van der Waals surface area contributed by atoms with Crippen LogP contribution in [0.1, 0.15) is 11.5 Å². The molecule has 1 unspecified atom stereocenters. The summed E-state index contributed by atoms with van der Waals surface area (Å²) >= 11 is 6.02. The molecule has 0 N–H and O–H groups in total. The van der Waals surface area contributed by atoms with Gasteiger partial charge in [-0.25, -0.2) is 4.98 Å². The average Bonchev–Trinajstić information content (AvgIpc) is 2.30. The third-order valence-corrected chi connectivity index (χ3v) is 2.62. The largest absolute Gasteiger partial charge is 0.497 e. The fraction of sp³-hybridized carbons (Fsp3) is 0.167. The number of methoxy groups -OCH3 is 1. The average molecular weight is 221 g/mol. The van der Waals surface area contributed by atoms with Crippen LogP contribution in [0.25, 0.3) is 0 Å². The minimum atomic E-state index is 0.145. The fourth-order valence-corrected chi connectivity index (χ4v) is 1.78. The van der Waals surface area contributed by atoms with Crippen LogP contribution in [0.5, 0.6) is 0 Å². The van der Waals surface area contributed by atoms with E-state index < -0.39 is 0 Å². The predicted molar refractivity (Wildman–Crippen MR) is 60.5 cm³/mol. The second-order valence-corrected chi connectivity index (χ2v) is 3.59. The number of aromatic nitrogens is 1. The number of pyridine rings is 1. The lowest BCUT2D eigenvalue weighted by Crippen LogP contribution is -2.02. The minimum Gasteiger partial charge on any atom is -0.497 e. The van der Waals surface area contributed by atoms with Gasteiger partial charge in [0.15, 0.2) is 0 Å². The summed E-state index contributed by atoms with van der Waals surface area (Å²) in [6.07, 6.45) is 9.65. The van der Waals surface area contributed by atoms with Crippen LogP contribution in [-0.2, 0) is 4.74 Å². The molecule has 1 aromatic heterocycles. The molecule has 1 aliphatic carbocycles. The van der Waals surface area contributed by atoms with Crippen molar-refractivity contribution in [3.05, 3.63) is 59.5 Å². The molecule has 0 aliphatic heterocycles. The SMILES string of the molecule is COC1=CC(c2cccnc2Cl)[CH]C=C1. The molecule has 0 fully saturated rings. The summed E-state index contributed by atoms with van der Waals surface area (Å²) in [4.78, 5) is 4.06. The van der Waals surface area contributed by atoms with E-state index in [9.17, 15) is 0 Å². The number of hydrogen-bond donors (Lipinski definition) is 0. The van der Waals surface area contributed by atoms with E-state index in [0.29, 0.717) is 5.15 Å². The molecule has 0 amide bonds. The number of allylic oxidation sites excluding steroid dienone is 3. The Hall–Kier alpha value is -1.28. The van der Waals surface area contributed by atoms with E-state index in [0.717, 1.165) is 11.3 Å². The molecular weight excluding hydrogens is 210 g/mol. The van der Waals surface area contributed by atoms with Crippen molar-refractivity contribution in [3.8, 4) is 0 Å². The number of rotatable bonds is 2. The first-order valence-electron chi connectivity index (χ1n) is 4.69. The zero-order valence-electron chi connectivity index (χ0n) is 8.35. The van der Waals surface area contributed by atoms with Crippen molar-refractivity contribution >= 4 is 11.6 Å². The van der Waals surface area contributed by atoms with E-state index in [-0.39, 0.29) is 5.92 Å². The fourth-order valence-electron chi connectivity index (χ4n) is 1.53. The maximum atomic E-state index is 6.02. The van der Waals surface area contributed by atoms with Crippen molar-refractivity contribution in [2.45, 2.75) is 5.92 Å². The summed E-state index contributed by atoms with van der Waals surface area (Å²) in [6.45, 7) is 0. The lowest BCUT2D eigenvalue weighted by atomic mass is 9.93. The Bertz CT molecular complexity index is 412. The minimum absolute atomic E-state index is 0.145. The summed E-state index contributed by atoms with van der Waals surface area (Å²) in [7, 11) is 1.66. The molecule has 15 heavy (non-hydrogen) atoms. The van der Waals surface area contributed by atoms with E-state index in [1.165, 1.54) is 0 Å². The molecule has 0 spiro atoms. The van der Waals surface area contributed by atoms with Crippen LogP contribution in [0.3, 0.4) is 0 Å². The zero-order chi connectivity index (χ0) is 10.7. The van der Waals surface area contributed by atoms with Crippen molar-refractivity contribution < 1.29 is 4.74 Å². The second-order valence-electron chi connectivity index (χ2n) is 3.23. The van der Waals surface area contributed by atoms with Gasteiger partial charge in [0.1, 0.15) is 10.9 Å². The molecular formula is C12H11ClNO. The molecule has 1 aromatic rings. The van der Waals surface area contributed by atoms with Gasteiger partial charge in [0, 0.05) is 12.1 Å². The van der Waals surface area contributed by atoms with Gasteiger partial charge in [-0.15, -0.1) is 0 Å². The van der Waals surface area contributed by atoms with E-state index in [1.54, 1.807) is 13.3 Å². The van der Waals surface area contributed by atoms with Gasteiger partial charge in [-0.1, -0.05) is 23.7 Å². The van der Waals surface area contributed by atoms with E-state index >= 15 is 0 Å². The molecule has 1 aliphatic rings. The zero-order valence-corrected chi connectivity index (χ0v) is 9.11. The van der Waals surface area contributed by atoms with Gasteiger partial charge in [0.25, 0.3) is 0 Å². The Labute approximate surface area is 94.2 Å². The number of hydrogen-bond acceptors (Lipinski definition) is 2. The Morgan fingerprint density at radius 2 is 2.33 bits per heavy atom. The van der Waals surface area contributed by atoms with Crippen LogP contribution >= 0.6 is 11.6 Å². The number of ether oxygens (including phenoxy) is 1. The van der Waals surface area contributed by atoms with Gasteiger partial charge < -0.3 is 4.74 Å². The smallest absolute Gasteiger partial charge is 0.132 e. The molecule has 1 atom stereocenters.